The molecule has 0 heterocycles. The average Bonchev–Trinajstić information content (AvgIpc) is 2.42. The van der Waals surface area contributed by atoms with Gasteiger partial charge < -0.3 is 14.6 Å². The Morgan fingerprint density at radius 1 is 1.43 bits per heavy atom. The molecule has 118 valence electrons. The van der Waals surface area contributed by atoms with Crippen LogP contribution in [0.4, 0.5) is 4.79 Å². The highest BCUT2D eigenvalue weighted by atomic mass is 127. The number of hydrogen-bond donors (Lipinski definition) is 2. The van der Waals surface area contributed by atoms with Crippen LogP contribution in [0, 0.1) is 9.49 Å². The molecular formula is C15H22INO4. The van der Waals surface area contributed by atoms with Crippen molar-refractivity contribution < 1.29 is 19.4 Å². The SMILES string of the molecule is COCOC(CCC(C)C)(NC(=O)O)c1ccccc1I. The molecule has 2 N–H and O–H groups in total. The molecular weight excluding hydrogens is 385 g/mol. The highest BCUT2D eigenvalue weighted by Crippen LogP contribution is 2.33. The minimum absolute atomic E-state index is 0.0172. The van der Waals surface area contributed by atoms with E-state index in [2.05, 4.69) is 41.8 Å². The summed E-state index contributed by atoms with van der Waals surface area (Å²) in [7, 11) is 1.52. The van der Waals surface area contributed by atoms with Gasteiger partial charge in [0.15, 0.2) is 5.72 Å². The van der Waals surface area contributed by atoms with Crippen LogP contribution in [0.5, 0.6) is 0 Å². The van der Waals surface area contributed by atoms with E-state index in [9.17, 15) is 9.90 Å². The van der Waals surface area contributed by atoms with Crippen LogP contribution in [-0.4, -0.2) is 25.1 Å². The van der Waals surface area contributed by atoms with Crippen molar-refractivity contribution in [3.63, 3.8) is 0 Å². The van der Waals surface area contributed by atoms with Crippen molar-refractivity contribution >= 4 is 28.7 Å². The first-order valence-corrected chi connectivity index (χ1v) is 7.88. The Hall–Kier alpha value is -0.860. The van der Waals surface area contributed by atoms with Crippen molar-refractivity contribution in [2.24, 2.45) is 5.92 Å². The maximum Gasteiger partial charge on any atom is 0.407 e. The predicted molar refractivity (Wildman–Crippen MR) is 89.0 cm³/mol. The van der Waals surface area contributed by atoms with Crippen molar-refractivity contribution in [3.8, 4) is 0 Å². The van der Waals surface area contributed by atoms with Gasteiger partial charge in [0, 0.05) is 22.7 Å². The molecule has 1 aromatic rings. The van der Waals surface area contributed by atoms with E-state index < -0.39 is 11.8 Å². The number of amides is 1. The van der Waals surface area contributed by atoms with Crippen LogP contribution in [0.25, 0.3) is 0 Å². The fraction of sp³-hybridized carbons (Fsp3) is 0.533. The summed E-state index contributed by atoms with van der Waals surface area (Å²) < 4.78 is 11.7. The lowest BCUT2D eigenvalue weighted by molar-refractivity contribution is -0.153. The minimum Gasteiger partial charge on any atom is -0.465 e. The number of halogens is 1. The van der Waals surface area contributed by atoms with E-state index in [4.69, 9.17) is 9.47 Å². The number of ether oxygens (including phenoxy) is 2. The number of hydrogen-bond acceptors (Lipinski definition) is 3. The topological polar surface area (TPSA) is 67.8 Å². The summed E-state index contributed by atoms with van der Waals surface area (Å²) in [5.74, 6) is 0.437. The third-order valence-corrected chi connectivity index (χ3v) is 4.06. The van der Waals surface area contributed by atoms with E-state index in [1.54, 1.807) is 0 Å². The molecule has 1 atom stereocenters. The van der Waals surface area contributed by atoms with Gasteiger partial charge in [-0.15, -0.1) is 0 Å². The molecule has 0 bridgehead atoms. The molecule has 0 aliphatic heterocycles. The van der Waals surface area contributed by atoms with Crippen LogP contribution in [0.1, 0.15) is 32.3 Å². The first kappa shape index (κ1) is 18.2. The maximum atomic E-state index is 11.3. The molecule has 1 unspecified atom stereocenters. The quantitative estimate of drug-likeness (QED) is 0.509. The summed E-state index contributed by atoms with van der Waals surface area (Å²) in [6.45, 7) is 4.21. The number of benzene rings is 1. The molecule has 0 saturated carbocycles. The van der Waals surface area contributed by atoms with Gasteiger partial charge in [-0.05, 0) is 41.0 Å². The number of rotatable bonds is 8. The second-order valence-corrected chi connectivity index (χ2v) is 6.38. The predicted octanol–water partition coefficient (Wildman–Crippen LogP) is 3.77. The van der Waals surface area contributed by atoms with Crippen LogP contribution in [0.3, 0.4) is 0 Å². The lowest BCUT2D eigenvalue weighted by Crippen LogP contribution is -2.48. The van der Waals surface area contributed by atoms with Crippen LogP contribution in [0.15, 0.2) is 24.3 Å². The maximum absolute atomic E-state index is 11.3. The minimum atomic E-state index is -1.12. The largest absolute Gasteiger partial charge is 0.465 e. The Bertz CT molecular complexity index is 467. The molecule has 21 heavy (non-hydrogen) atoms. The lowest BCUT2D eigenvalue weighted by Gasteiger charge is -2.35. The molecule has 0 radical (unpaired) electrons. The fourth-order valence-corrected chi connectivity index (χ4v) is 2.89. The number of carboxylic acid groups (broad SMARTS) is 1. The van der Waals surface area contributed by atoms with E-state index in [1.165, 1.54) is 7.11 Å². The molecule has 1 amide bonds. The number of carbonyl (C=O) groups is 1. The second kappa shape index (κ2) is 8.55. The molecule has 0 fully saturated rings. The van der Waals surface area contributed by atoms with Crippen LogP contribution in [-0.2, 0) is 15.2 Å². The summed E-state index contributed by atoms with van der Waals surface area (Å²) >= 11 is 2.19. The Balaban J connectivity index is 3.20. The van der Waals surface area contributed by atoms with Crippen molar-refractivity contribution in [1.29, 1.82) is 0 Å². The van der Waals surface area contributed by atoms with Gasteiger partial charge in [-0.1, -0.05) is 32.0 Å². The molecule has 0 spiro atoms. The van der Waals surface area contributed by atoms with Gasteiger partial charge in [0.2, 0.25) is 0 Å². The Morgan fingerprint density at radius 2 is 2.10 bits per heavy atom. The Morgan fingerprint density at radius 3 is 2.62 bits per heavy atom. The summed E-state index contributed by atoms with van der Waals surface area (Å²) in [6.07, 6.45) is 0.254. The normalized spacial score (nSPS) is 14.0. The molecule has 5 nitrogen and oxygen atoms in total. The number of methoxy groups -OCH3 is 1. The monoisotopic (exact) mass is 407 g/mol. The zero-order valence-corrected chi connectivity index (χ0v) is 14.7. The van der Waals surface area contributed by atoms with E-state index >= 15 is 0 Å². The lowest BCUT2D eigenvalue weighted by atomic mass is 9.93. The van der Waals surface area contributed by atoms with E-state index in [0.29, 0.717) is 12.3 Å². The van der Waals surface area contributed by atoms with Crippen molar-refractivity contribution in [3.05, 3.63) is 33.4 Å². The average molecular weight is 407 g/mol. The second-order valence-electron chi connectivity index (χ2n) is 5.22. The standard InChI is InChI=1S/C15H22INO4/c1-11(2)8-9-15(17-14(18)19,21-10-20-3)12-6-4-5-7-13(12)16/h4-7,11,17H,8-10H2,1-3H3,(H,18,19). The zero-order chi connectivity index (χ0) is 15.9. The summed E-state index contributed by atoms with van der Waals surface area (Å²) in [4.78, 5) is 11.3. The molecule has 0 aromatic heterocycles. The highest BCUT2D eigenvalue weighted by Gasteiger charge is 2.36. The summed E-state index contributed by atoms with van der Waals surface area (Å²) in [5, 5.41) is 11.8. The molecule has 1 aromatic carbocycles. The molecule has 0 aliphatic carbocycles. The molecule has 0 aliphatic rings. The van der Waals surface area contributed by atoms with Gasteiger partial charge in [-0.25, -0.2) is 4.79 Å². The van der Waals surface area contributed by atoms with Crippen LogP contribution >= 0.6 is 22.6 Å². The van der Waals surface area contributed by atoms with Crippen LogP contribution < -0.4 is 5.32 Å². The van der Waals surface area contributed by atoms with Crippen molar-refractivity contribution in [2.45, 2.75) is 32.4 Å². The van der Waals surface area contributed by atoms with Crippen LogP contribution in [0.2, 0.25) is 0 Å². The van der Waals surface area contributed by atoms with E-state index in [1.807, 2.05) is 24.3 Å². The number of nitrogens with one attached hydrogen (secondary N) is 1. The summed E-state index contributed by atoms with van der Waals surface area (Å²) in [6, 6.07) is 7.60. The molecule has 6 heteroatoms. The van der Waals surface area contributed by atoms with Crippen molar-refractivity contribution in [1.82, 2.24) is 5.32 Å². The summed E-state index contributed by atoms with van der Waals surface area (Å²) in [5.41, 5.74) is -0.283. The third-order valence-electron chi connectivity index (χ3n) is 3.11. The van der Waals surface area contributed by atoms with Gasteiger partial charge in [0.05, 0.1) is 0 Å². The van der Waals surface area contributed by atoms with Crippen molar-refractivity contribution in [2.75, 3.05) is 13.9 Å². The van der Waals surface area contributed by atoms with Gasteiger partial charge in [-0.2, -0.15) is 0 Å². The smallest absolute Gasteiger partial charge is 0.407 e. The van der Waals surface area contributed by atoms with Gasteiger partial charge in [0.25, 0.3) is 0 Å². The molecule has 1 rings (SSSR count). The Kier molecular flexibility index (Phi) is 7.41. The van der Waals surface area contributed by atoms with Gasteiger partial charge in [-0.3, -0.25) is 5.32 Å². The fourth-order valence-electron chi connectivity index (χ4n) is 2.06. The first-order chi connectivity index (χ1) is 9.91. The highest BCUT2D eigenvalue weighted by molar-refractivity contribution is 14.1. The third kappa shape index (κ3) is 5.44. The van der Waals surface area contributed by atoms with Gasteiger partial charge in [0.1, 0.15) is 6.79 Å². The zero-order valence-electron chi connectivity index (χ0n) is 12.6. The molecule has 0 saturated heterocycles. The first-order valence-electron chi connectivity index (χ1n) is 6.80. The van der Waals surface area contributed by atoms with E-state index in [-0.39, 0.29) is 6.79 Å². The van der Waals surface area contributed by atoms with E-state index in [0.717, 1.165) is 15.6 Å². The Labute approximate surface area is 139 Å². The van der Waals surface area contributed by atoms with Gasteiger partial charge >= 0.3 is 6.09 Å².